The lowest BCUT2D eigenvalue weighted by atomic mass is 10.0. The first kappa shape index (κ1) is 25.6. The molecule has 9 nitrogen and oxygen atoms in total. The number of rotatable bonds is 5. The first-order valence-corrected chi connectivity index (χ1v) is 11.8. The standard InChI is InChI=1S/C27H22F3N7O2/c1-15-8-9-18(33-24(38)16-5-3-6-17(11-16)27(28,29)30)12-20(15)22-25(39)37(2)23-21(35-22)14-32-26(36-23)34-19-7-4-10-31-13-19/h3-14,26,34,36H,1-2H3,(H,33,38). The summed E-state index contributed by atoms with van der Waals surface area (Å²) in [4.78, 5) is 39.1. The minimum atomic E-state index is -4.57. The largest absolute Gasteiger partial charge is 0.416 e. The van der Waals surface area contributed by atoms with Crippen molar-refractivity contribution < 1.29 is 18.0 Å². The van der Waals surface area contributed by atoms with Crippen LogP contribution in [-0.4, -0.2) is 32.9 Å². The maximum Gasteiger partial charge on any atom is 0.416 e. The van der Waals surface area contributed by atoms with Crippen LogP contribution in [0.15, 0.2) is 76.8 Å². The number of anilines is 3. The number of hydrogen-bond donors (Lipinski definition) is 3. The molecule has 39 heavy (non-hydrogen) atoms. The van der Waals surface area contributed by atoms with Crippen molar-refractivity contribution in [3.63, 3.8) is 0 Å². The maximum absolute atomic E-state index is 13.3. The molecule has 1 unspecified atom stereocenters. The van der Waals surface area contributed by atoms with Gasteiger partial charge in [0.05, 0.1) is 23.7 Å². The number of pyridine rings is 1. The molecule has 1 amide bonds. The highest BCUT2D eigenvalue weighted by Crippen LogP contribution is 2.30. The van der Waals surface area contributed by atoms with E-state index >= 15 is 0 Å². The molecule has 0 radical (unpaired) electrons. The van der Waals surface area contributed by atoms with Crippen molar-refractivity contribution in [1.29, 1.82) is 0 Å². The van der Waals surface area contributed by atoms with Gasteiger partial charge in [-0.1, -0.05) is 12.1 Å². The van der Waals surface area contributed by atoms with Crippen LogP contribution >= 0.6 is 0 Å². The van der Waals surface area contributed by atoms with Gasteiger partial charge in [-0.25, -0.2) is 9.98 Å². The predicted molar refractivity (Wildman–Crippen MR) is 142 cm³/mol. The quantitative estimate of drug-likeness (QED) is 0.344. The van der Waals surface area contributed by atoms with Gasteiger partial charge in [-0.15, -0.1) is 0 Å². The third kappa shape index (κ3) is 5.35. The molecule has 5 rings (SSSR count). The lowest BCUT2D eigenvalue weighted by Gasteiger charge is -2.25. The third-order valence-electron chi connectivity index (χ3n) is 6.10. The Balaban J connectivity index is 1.42. The molecule has 3 N–H and O–H groups in total. The molecule has 2 aromatic carbocycles. The summed E-state index contributed by atoms with van der Waals surface area (Å²) in [6.45, 7) is 1.79. The molecule has 0 spiro atoms. The number of aromatic nitrogens is 3. The normalized spacial score (nSPS) is 14.3. The number of hydrogen-bond acceptors (Lipinski definition) is 7. The van der Waals surface area contributed by atoms with E-state index in [9.17, 15) is 22.8 Å². The third-order valence-corrected chi connectivity index (χ3v) is 6.10. The topological polar surface area (TPSA) is 113 Å². The van der Waals surface area contributed by atoms with E-state index in [1.807, 2.05) is 6.07 Å². The monoisotopic (exact) mass is 533 g/mol. The predicted octanol–water partition coefficient (Wildman–Crippen LogP) is 4.66. The van der Waals surface area contributed by atoms with Crippen LogP contribution in [0.1, 0.15) is 27.2 Å². The summed E-state index contributed by atoms with van der Waals surface area (Å²) >= 11 is 0. The number of carbonyl (C=O) groups is 1. The molecule has 1 aliphatic heterocycles. The zero-order valence-electron chi connectivity index (χ0n) is 20.7. The van der Waals surface area contributed by atoms with Crippen LogP contribution in [0.25, 0.3) is 11.3 Å². The van der Waals surface area contributed by atoms with E-state index in [2.05, 4.69) is 30.9 Å². The smallest absolute Gasteiger partial charge is 0.346 e. The first-order chi connectivity index (χ1) is 18.6. The molecule has 0 saturated heterocycles. The summed E-state index contributed by atoms with van der Waals surface area (Å²) < 4.78 is 40.6. The molecule has 3 heterocycles. The van der Waals surface area contributed by atoms with Crippen LogP contribution in [0.5, 0.6) is 0 Å². The molecule has 2 aromatic heterocycles. The number of nitrogens with zero attached hydrogens (tertiary/aromatic N) is 4. The van der Waals surface area contributed by atoms with Crippen LogP contribution in [0.2, 0.25) is 0 Å². The molecule has 0 saturated carbocycles. The van der Waals surface area contributed by atoms with Gasteiger partial charge in [0.15, 0.2) is 6.29 Å². The Morgan fingerprint density at radius 2 is 1.90 bits per heavy atom. The average Bonchev–Trinajstić information content (AvgIpc) is 2.92. The van der Waals surface area contributed by atoms with Gasteiger partial charge < -0.3 is 16.0 Å². The number of aliphatic imine (C=N–C) groups is 1. The van der Waals surface area contributed by atoms with Gasteiger partial charge in [0, 0.05) is 30.1 Å². The zero-order chi connectivity index (χ0) is 27.7. The minimum Gasteiger partial charge on any atom is -0.346 e. The number of carbonyl (C=O) groups excluding carboxylic acids is 1. The lowest BCUT2D eigenvalue weighted by molar-refractivity contribution is -0.137. The van der Waals surface area contributed by atoms with Gasteiger partial charge in [0.1, 0.15) is 17.2 Å². The second kappa shape index (κ2) is 10.0. The van der Waals surface area contributed by atoms with E-state index in [4.69, 9.17) is 0 Å². The Bertz CT molecular complexity index is 1650. The van der Waals surface area contributed by atoms with Gasteiger partial charge in [-0.3, -0.25) is 19.1 Å². The Labute approximate surface area is 220 Å². The molecule has 1 atom stereocenters. The van der Waals surface area contributed by atoms with Gasteiger partial charge in [0.2, 0.25) is 0 Å². The zero-order valence-corrected chi connectivity index (χ0v) is 20.7. The summed E-state index contributed by atoms with van der Waals surface area (Å²) in [5, 5.41) is 8.91. The maximum atomic E-state index is 13.3. The molecule has 0 fully saturated rings. The fourth-order valence-electron chi connectivity index (χ4n) is 4.08. The van der Waals surface area contributed by atoms with E-state index in [-0.39, 0.29) is 16.8 Å². The molecular formula is C27H22F3N7O2. The van der Waals surface area contributed by atoms with Crippen LogP contribution in [0.3, 0.4) is 0 Å². The molecular weight excluding hydrogens is 511 g/mol. The van der Waals surface area contributed by atoms with E-state index in [0.717, 1.165) is 17.8 Å². The molecule has 4 aromatic rings. The highest BCUT2D eigenvalue weighted by Gasteiger charge is 2.31. The molecule has 12 heteroatoms. The number of amides is 1. The number of fused-ring (bicyclic) bond motifs is 1. The minimum absolute atomic E-state index is 0.135. The lowest BCUT2D eigenvalue weighted by Crippen LogP contribution is -2.35. The fourth-order valence-corrected chi connectivity index (χ4v) is 4.08. The molecule has 0 bridgehead atoms. The Kier molecular flexibility index (Phi) is 6.60. The molecule has 0 aliphatic carbocycles. The first-order valence-electron chi connectivity index (χ1n) is 11.8. The fraction of sp³-hybridized carbons (Fsp3) is 0.148. The number of nitrogens with one attached hydrogen (secondary N) is 3. The average molecular weight is 534 g/mol. The highest BCUT2D eigenvalue weighted by molar-refractivity contribution is 6.04. The number of benzene rings is 2. The van der Waals surface area contributed by atoms with Crippen LogP contribution in [0, 0.1) is 6.92 Å². The number of aryl methyl sites for hydroxylation is 1. The summed E-state index contributed by atoms with van der Waals surface area (Å²) in [6.07, 6.45) is -0.262. The van der Waals surface area contributed by atoms with E-state index in [1.54, 1.807) is 56.8 Å². The summed E-state index contributed by atoms with van der Waals surface area (Å²) in [6, 6.07) is 12.6. The van der Waals surface area contributed by atoms with Gasteiger partial charge in [0.25, 0.3) is 11.5 Å². The van der Waals surface area contributed by atoms with E-state index < -0.39 is 23.9 Å². The van der Waals surface area contributed by atoms with Crippen molar-refractivity contribution >= 4 is 29.3 Å². The van der Waals surface area contributed by atoms with Crippen LogP contribution in [-0.2, 0) is 13.2 Å². The van der Waals surface area contributed by atoms with Gasteiger partial charge in [-0.2, -0.15) is 13.2 Å². The van der Waals surface area contributed by atoms with Crippen molar-refractivity contribution in [2.24, 2.45) is 12.0 Å². The van der Waals surface area contributed by atoms with Crippen molar-refractivity contribution in [2.75, 3.05) is 16.0 Å². The summed E-state index contributed by atoms with van der Waals surface area (Å²) in [7, 11) is 1.61. The molecule has 198 valence electrons. The number of halogens is 3. The van der Waals surface area contributed by atoms with Crippen molar-refractivity contribution in [3.8, 4) is 11.3 Å². The van der Waals surface area contributed by atoms with Crippen LogP contribution < -0.4 is 21.5 Å². The van der Waals surface area contributed by atoms with Crippen molar-refractivity contribution in [1.82, 2.24) is 14.5 Å². The number of alkyl halides is 3. The van der Waals surface area contributed by atoms with Crippen molar-refractivity contribution in [2.45, 2.75) is 19.4 Å². The van der Waals surface area contributed by atoms with Gasteiger partial charge in [-0.05, 0) is 55.0 Å². The molecule has 1 aliphatic rings. The van der Waals surface area contributed by atoms with Crippen LogP contribution in [0.4, 0.5) is 30.4 Å². The second-order valence-corrected chi connectivity index (χ2v) is 8.83. The Hall–Kier alpha value is -5.00. The Morgan fingerprint density at radius 1 is 1.08 bits per heavy atom. The highest BCUT2D eigenvalue weighted by atomic mass is 19.4. The Morgan fingerprint density at radius 3 is 2.64 bits per heavy atom. The van der Waals surface area contributed by atoms with Gasteiger partial charge >= 0.3 is 6.18 Å². The second-order valence-electron chi connectivity index (χ2n) is 8.83. The van der Waals surface area contributed by atoms with E-state index in [1.165, 1.54) is 16.7 Å². The van der Waals surface area contributed by atoms with E-state index in [0.29, 0.717) is 28.3 Å². The summed E-state index contributed by atoms with van der Waals surface area (Å²) in [5.74, 6) is -0.252. The van der Waals surface area contributed by atoms with Crippen molar-refractivity contribution in [3.05, 3.63) is 99.7 Å². The SMILES string of the molecule is Cc1ccc(NC(=O)c2cccc(C(F)(F)F)c2)cc1-c1nc2c(n(C)c1=O)NC(Nc1cccnc1)N=C2. The summed E-state index contributed by atoms with van der Waals surface area (Å²) in [5.41, 5.74) is 1.34.